The Labute approximate surface area is 110 Å². The average Bonchev–Trinajstić information content (AvgIpc) is 3.15. The lowest BCUT2D eigenvalue weighted by atomic mass is 10.1. The van der Waals surface area contributed by atoms with Gasteiger partial charge in [-0.15, -0.1) is 0 Å². The monoisotopic (exact) mass is 267 g/mol. The maximum atomic E-state index is 14.0. The summed E-state index contributed by atoms with van der Waals surface area (Å²) in [5.41, 5.74) is 0.186. The van der Waals surface area contributed by atoms with E-state index < -0.39 is 17.6 Å². The van der Waals surface area contributed by atoms with Crippen molar-refractivity contribution in [2.45, 2.75) is 25.8 Å². The molecule has 3 nitrogen and oxygen atoms in total. The molecule has 2 rings (SSSR count). The van der Waals surface area contributed by atoms with Crippen LogP contribution in [0, 0.1) is 11.6 Å². The molecule has 1 N–H and O–H groups in total. The van der Waals surface area contributed by atoms with Gasteiger partial charge in [0.05, 0.1) is 0 Å². The van der Waals surface area contributed by atoms with Crippen molar-refractivity contribution in [1.82, 2.24) is 0 Å². The molecule has 1 saturated carbocycles. The number of hydrogen-bond acceptors (Lipinski definition) is 2. The maximum Gasteiger partial charge on any atom is 0.328 e. The summed E-state index contributed by atoms with van der Waals surface area (Å²) in [6, 6.07) is 2.53. The predicted octanol–water partition coefficient (Wildman–Crippen LogP) is 3.05. The van der Waals surface area contributed by atoms with Gasteiger partial charge in [0, 0.05) is 18.7 Å². The highest BCUT2D eigenvalue weighted by Gasteiger charge is 2.31. The van der Waals surface area contributed by atoms with Crippen LogP contribution in [0.5, 0.6) is 0 Å². The van der Waals surface area contributed by atoms with E-state index in [0.717, 1.165) is 31.1 Å². The first-order valence-electron chi connectivity index (χ1n) is 6.19. The summed E-state index contributed by atoms with van der Waals surface area (Å²) in [5.74, 6) is -2.46. The summed E-state index contributed by atoms with van der Waals surface area (Å²) in [5, 5.41) is 8.49. The number of nitrogens with zero attached hydrogens (tertiary/aromatic N) is 1. The van der Waals surface area contributed by atoms with E-state index in [0.29, 0.717) is 6.54 Å². The van der Waals surface area contributed by atoms with E-state index >= 15 is 0 Å². The molecular formula is C14H15F2NO2. The second-order valence-corrected chi connectivity index (χ2v) is 4.52. The summed E-state index contributed by atoms with van der Waals surface area (Å²) in [7, 11) is 0. The van der Waals surface area contributed by atoms with Crippen LogP contribution < -0.4 is 4.90 Å². The van der Waals surface area contributed by atoms with Gasteiger partial charge in [0.2, 0.25) is 0 Å². The lowest BCUT2D eigenvalue weighted by molar-refractivity contribution is -0.131. The van der Waals surface area contributed by atoms with Gasteiger partial charge in [0.1, 0.15) is 17.3 Å². The van der Waals surface area contributed by atoms with Crippen molar-refractivity contribution >= 4 is 17.7 Å². The van der Waals surface area contributed by atoms with Crippen molar-refractivity contribution in [1.29, 1.82) is 0 Å². The number of benzene rings is 1. The number of hydrogen-bond donors (Lipinski definition) is 1. The Hall–Kier alpha value is -1.91. The minimum Gasteiger partial charge on any atom is -0.478 e. The van der Waals surface area contributed by atoms with Crippen LogP contribution in [0.4, 0.5) is 14.5 Å². The molecule has 0 radical (unpaired) electrons. The first-order chi connectivity index (χ1) is 9.02. The summed E-state index contributed by atoms with van der Waals surface area (Å²) in [4.78, 5) is 12.1. The Morgan fingerprint density at radius 2 is 2.00 bits per heavy atom. The Balaban J connectivity index is 2.33. The second kappa shape index (κ2) is 5.38. The van der Waals surface area contributed by atoms with Crippen LogP contribution in [0.1, 0.15) is 25.3 Å². The van der Waals surface area contributed by atoms with E-state index in [2.05, 4.69) is 0 Å². The van der Waals surface area contributed by atoms with Crippen molar-refractivity contribution < 1.29 is 18.7 Å². The molecule has 102 valence electrons. The highest BCUT2D eigenvalue weighted by atomic mass is 19.1. The molecule has 0 bridgehead atoms. The number of anilines is 1. The normalized spacial score (nSPS) is 14.9. The molecule has 19 heavy (non-hydrogen) atoms. The van der Waals surface area contributed by atoms with Crippen LogP contribution in [0.15, 0.2) is 18.2 Å². The summed E-state index contributed by atoms with van der Waals surface area (Å²) >= 11 is 0. The molecule has 5 heteroatoms. The van der Waals surface area contributed by atoms with Crippen molar-refractivity contribution in [2.24, 2.45) is 0 Å². The Morgan fingerprint density at radius 1 is 1.42 bits per heavy atom. The SMILES string of the molecule is CCN(c1c(F)cc(C=CC(=O)O)cc1F)C1CC1. The van der Waals surface area contributed by atoms with Crippen molar-refractivity contribution in [2.75, 3.05) is 11.4 Å². The maximum absolute atomic E-state index is 14.0. The van der Waals surface area contributed by atoms with Crippen LogP contribution >= 0.6 is 0 Å². The van der Waals surface area contributed by atoms with E-state index in [1.165, 1.54) is 6.08 Å². The molecule has 1 aromatic carbocycles. The predicted molar refractivity (Wildman–Crippen MR) is 69.1 cm³/mol. The number of carbonyl (C=O) groups is 1. The lowest BCUT2D eigenvalue weighted by Gasteiger charge is -2.24. The minimum atomic E-state index is -1.15. The zero-order valence-electron chi connectivity index (χ0n) is 10.6. The zero-order valence-corrected chi connectivity index (χ0v) is 10.6. The van der Waals surface area contributed by atoms with Crippen LogP contribution in [0.3, 0.4) is 0 Å². The third-order valence-corrected chi connectivity index (χ3v) is 3.07. The van der Waals surface area contributed by atoms with Crippen LogP contribution in [0.2, 0.25) is 0 Å². The molecule has 0 aromatic heterocycles. The molecule has 1 aliphatic rings. The standard InChI is InChI=1S/C14H15F2NO2/c1-2-17(10-4-5-10)14-11(15)7-9(8-12(14)16)3-6-13(18)19/h3,6-8,10H,2,4-5H2,1H3,(H,18,19). The third kappa shape index (κ3) is 3.10. The third-order valence-electron chi connectivity index (χ3n) is 3.07. The Kier molecular flexibility index (Phi) is 3.83. The largest absolute Gasteiger partial charge is 0.478 e. The van der Waals surface area contributed by atoms with E-state index in [4.69, 9.17) is 5.11 Å². The quantitative estimate of drug-likeness (QED) is 0.833. The first kappa shape index (κ1) is 13.5. The molecule has 1 aromatic rings. The van der Waals surface area contributed by atoms with Gasteiger partial charge in [-0.05, 0) is 43.5 Å². The molecule has 1 fully saturated rings. The first-order valence-corrected chi connectivity index (χ1v) is 6.19. The van der Waals surface area contributed by atoms with Crippen molar-refractivity contribution in [3.05, 3.63) is 35.4 Å². The molecule has 0 aliphatic heterocycles. The van der Waals surface area contributed by atoms with Gasteiger partial charge in [-0.3, -0.25) is 0 Å². The van der Waals surface area contributed by atoms with Gasteiger partial charge < -0.3 is 10.0 Å². The topological polar surface area (TPSA) is 40.5 Å². The van der Waals surface area contributed by atoms with Gasteiger partial charge >= 0.3 is 5.97 Å². The van der Waals surface area contributed by atoms with Gasteiger partial charge in [0.25, 0.3) is 0 Å². The van der Waals surface area contributed by atoms with Gasteiger partial charge in [-0.2, -0.15) is 0 Å². The van der Waals surface area contributed by atoms with E-state index in [9.17, 15) is 13.6 Å². The van der Waals surface area contributed by atoms with E-state index in [-0.39, 0.29) is 17.3 Å². The fraction of sp³-hybridized carbons (Fsp3) is 0.357. The number of halogens is 2. The Morgan fingerprint density at radius 3 is 2.42 bits per heavy atom. The summed E-state index contributed by atoms with van der Waals surface area (Å²) in [6.07, 6.45) is 3.93. The zero-order chi connectivity index (χ0) is 14.0. The molecule has 0 heterocycles. The molecule has 0 saturated heterocycles. The van der Waals surface area contributed by atoms with Crippen LogP contribution in [-0.2, 0) is 4.79 Å². The average molecular weight is 267 g/mol. The molecule has 0 amide bonds. The van der Waals surface area contributed by atoms with E-state index in [1.807, 2.05) is 6.92 Å². The van der Waals surface area contributed by atoms with Crippen LogP contribution in [-0.4, -0.2) is 23.7 Å². The fourth-order valence-corrected chi connectivity index (χ4v) is 2.11. The number of carboxylic acid groups (broad SMARTS) is 1. The van der Waals surface area contributed by atoms with Gasteiger partial charge in [-0.25, -0.2) is 13.6 Å². The second-order valence-electron chi connectivity index (χ2n) is 4.52. The van der Waals surface area contributed by atoms with E-state index in [1.54, 1.807) is 4.90 Å². The molecule has 0 spiro atoms. The Bertz CT molecular complexity index is 501. The van der Waals surface area contributed by atoms with Crippen molar-refractivity contribution in [3.8, 4) is 0 Å². The van der Waals surface area contributed by atoms with Crippen LogP contribution in [0.25, 0.3) is 6.08 Å². The molecule has 0 atom stereocenters. The van der Waals surface area contributed by atoms with Gasteiger partial charge in [-0.1, -0.05) is 0 Å². The highest BCUT2D eigenvalue weighted by molar-refractivity contribution is 5.85. The minimum absolute atomic E-state index is 0.0162. The van der Waals surface area contributed by atoms with Crippen molar-refractivity contribution in [3.63, 3.8) is 0 Å². The molecular weight excluding hydrogens is 252 g/mol. The van der Waals surface area contributed by atoms with Gasteiger partial charge in [0.15, 0.2) is 0 Å². The molecule has 1 aliphatic carbocycles. The fourth-order valence-electron chi connectivity index (χ4n) is 2.11. The number of rotatable bonds is 5. The lowest BCUT2D eigenvalue weighted by Crippen LogP contribution is -2.27. The number of carboxylic acids is 1. The smallest absolute Gasteiger partial charge is 0.328 e. The number of aliphatic carboxylic acids is 1. The summed E-state index contributed by atoms with van der Waals surface area (Å²) in [6.45, 7) is 2.40. The molecule has 0 unspecified atom stereocenters. The highest BCUT2D eigenvalue weighted by Crippen LogP contribution is 2.35. The summed E-state index contributed by atoms with van der Waals surface area (Å²) < 4.78 is 28.0.